The van der Waals surface area contributed by atoms with Gasteiger partial charge in [0.05, 0.1) is 24.6 Å². The van der Waals surface area contributed by atoms with E-state index in [1.807, 2.05) is 24.3 Å². The molecule has 0 saturated carbocycles. The van der Waals surface area contributed by atoms with Crippen LogP contribution in [-0.4, -0.2) is 50.6 Å². The van der Waals surface area contributed by atoms with Crippen molar-refractivity contribution < 1.29 is 25.2 Å². The zero-order valence-corrected chi connectivity index (χ0v) is 17.2. The maximum absolute atomic E-state index is 10.8. The fraction of sp³-hybridized carbons (Fsp3) is 0.364. The number of rotatable bonds is 3. The fourth-order valence-corrected chi connectivity index (χ4v) is 6.90. The molecule has 0 amide bonds. The number of ether oxygens (including phenoxy) is 1. The maximum Gasteiger partial charge on any atom is 0.168 e. The minimum absolute atomic E-state index is 0.308. The third-order valence-electron chi connectivity index (χ3n) is 5.80. The topological polar surface area (TPSA) is 90.2 Å². The van der Waals surface area contributed by atoms with Crippen molar-refractivity contribution in [3.63, 3.8) is 0 Å². The number of aliphatic hydroxyl groups excluding tert-OH is 4. The average molecular weight is 431 g/mol. The molecule has 5 rings (SSSR count). The molecular formula is C22H22O5S2. The summed E-state index contributed by atoms with van der Waals surface area (Å²) in [6.07, 6.45) is -3.12. The van der Waals surface area contributed by atoms with Gasteiger partial charge in [-0.15, -0.1) is 23.1 Å². The summed E-state index contributed by atoms with van der Waals surface area (Å²) in [4.78, 5) is 0.0667. The molecule has 152 valence electrons. The van der Waals surface area contributed by atoms with Gasteiger partial charge in [0.25, 0.3) is 0 Å². The van der Waals surface area contributed by atoms with Gasteiger partial charge in [-0.2, -0.15) is 0 Å². The summed E-state index contributed by atoms with van der Waals surface area (Å²) in [7, 11) is 0. The summed E-state index contributed by atoms with van der Waals surface area (Å²) in [5.41, 5.74) is 2.86. The van der Waals surface area contributed by atoms with E-state index in [1.54, 1.807) is 11.3 Å². The van der Waals surface area contributed by atoms with Gasteiger partial charge in [-0.05, 0) is 28.6 Å². The van der Waals surface area contributed by atoms with Crippen LogP contribution in [0.25, 0.3) is 10.1 Å². The molecule has 29 heavy (non-hydrogen) atoms. The van der Waals surface area contributed by atoms with Gasteiger partial charge < -0.3 is 25.2 Å². The van der Waals surface area contributed by atoms with Gasteiger partial charge in [-0.25, -0.2) is 0 Å². The highest BCUT2D eigenvalue weighted by atomic mass is 32.2. The van der Waals surface area contributed by atoms with Crippen LogP contribution in [0.2, 0.25) is 0 Å². The Kier molecular flexibility index (Phi) is 4.95. The molecule has 1 aromatic heterocycles. The Bertz CT molecular complexity index is 1020. The summed E-state index contributed by atoms with van der Waals surface area (Å²) >= 11 is 2.96. The van der Waals surface area contributed by atoms with Gasteiger partial charge in [-0.3, -0.25) is 0 Å². The first-order valence-electron chi connectivity index (χ1n) is 9.58. The summed E-state index contributed by atoms with van der Waals surface area (Å²) < 4.78 is 7.26. The van der Waals surface area contributed by atoms with E-state index in [0.29, 0.717) is 6.61 Å². The SMILES string of the molecule is OC[C@H]1S[C@]2(OCc3ccc(Cc4cc5ccccc5s4)cc32)[C@H](O)[C@@H](O)[C@@H]1O. The van der Waals surface area contributed by atoms with Gasteiger partial charge in [0.15, 0.2) is 4.93 Å². The van der Waals surface area contributed by atoms with Crippen LogP contribution in [0.1, 0.15) is 21.6 Å². The molecule has 5 atom stereocenters. The van der Waals surface area contributed by atoms with Crippen molar-refractivity contribution in [2.75, 3.05) is 6.61 Å². The average Bonchev–Trinajstić information content (AvgIpc) is 3.30. The fourth-order valence-electron chi connectivity index (χ4n) is 4.25. The Morgan fingerprint density at radius 2 is 1.86 bits per heavy atom. The minimum atomic E-state index is -1.38. The maximum atomic E-state index is 10.8. The molecule has 1 saturated heterocycles. The molecule has 7 heteroatoms. The largest absolute Gasteiger partial charge is 0.395 e. The van der Waals surface area contributed by atoms with Crippen LogP contribution >= 0.6 is 23.1 Å². The second kappa shape index (κ2) is 7.35. The van der Waals surface area contributed by atoms with Crippen LogP contribution in [0.15, 0.2) is 48.5 Å². The number of benzene rings is 2. The monoisotopic (exact) mass is 430 g/mol. The standard InChI is InChI=1S/C22H22O5S2/c23-10-18-19(24)20(25)21(26)22(29-18)16-8-12(5-6-14(16)11-27-22)7-15-9-13-3-1-2-4-17(13)28-15/h1-6,8-9,18-21,23-26H,7,10-11H2/t18-,19-,20+,21-,22+/m1/s1. The highest BCUT2D eigenvalue weighted by Gasteiger charge is 2.57. The van der Waals surface area contributed by atoms with Crippen LogP contribution in [0.5, 0.6) is 0 Å². The number of thioether (sulfide) groups is 1. The second-order valence-corrected chi connectivity index (χ2v) is 10.3. The van der Waals surface area contributed by atoms with E-state index >= 15 is 0 Å². The van der Waals surface area contributed by atoms with Gasteiger partial charge >= 0.3 is 0 Å². The first-order valence-corrected chi connectivity index (χ1v) is 11.3. The third kappa shape index (κ3) is 3.13. The van der Waals surface area contributed by atoms with E-state index in [2.05, 4.69) is 24.3 Å². The van der Waals surface area contributed by atoms with Gasteiger partial charge in [0.2, 0.25) is 0 Å². The molecule has 3 heterocycles. The first-order chi connectivity index (χ1) is 14.0. The first kappa shape index (κ1) is 19.5. The minimum Gasteiger partial charge on any atom is -0.395 e. The van der Waals surface area contributed by atoms with Gasteiger partial charge in [0, 0.05) is 21.6 Å². The lowest BCUT2D eigenvalue weighted by molar-refractivity contribution is -0.147. The predicted molar refractivity (Wildman–Crippen MR) is 114 cm³/mol. The van der Waals surface area contributed by atoms with Crippen LogP contribution in [-0.2, 0) is 22.7 Å². The van der Waals surface area contributed by atoms with Crippen LogP contribution in [0.4, 0.5) is 0 Å². The lowest BCUT2D eigenvalue weighted by Crippen LogP contribution is -2.58. The summed E-state index contributed by atoms with van der Waals surface area (Å²) in [6, 6.07) is 16.6. The van der Waals surface area contributed by atoms with Crippen molar-refractivity contribution >= 4 is 33.2 Å². The number of fused-ring (bicyclic) bond motifs is 3. The zero-order chi connectivity index (χ0) is 20.2. The van der Waals surface area contributed by atoms with Gasteiger partial charge in [-0.1, -0.05) is 36.4 Å². The Labute approximate surface area is 176 Å². The van der Waals surface area contributed by atoms with Gasteiger partial charge in [0.1, 0.15) is 12.2 Å². The number of aliphatic hydroxyl groups is 4. The smallest absolute Gasteiger partial charge is 0.168 e. The molecule has 0 aliphatic carbocycles. The molecule has 2 aliphatic rings. The molecule has 2 aliphatic heterocycles. The summed E-state index contributed by atoms with van der Waals surface area (Å²) in [6.45, 7) is 0.0149. The molecule has 0 bridgehead atoms. The van der Waals surface area contributed by atoms with Crippen LogP contribution < -0.4 is 0 Å². The van der Waals surface area contributed by atoms with Crippen LogP contribution in [0, 0.1) is 0 Å². The number of thiophene rings is 1. The Balaban J connectivity index is 1.50. The summed E-state index contributed by atoms with van der Waals surface area (Å²) in [5.74, 6) is 0. The number of hydrogen-bond donors (Lipinski definition) is 4. The van der Waals surface area contributed by atoms with Crippen molar-refractivity contribution in [3.8, 4) is 0 Å². The molecule has 5 nitrogen and oxygen atoms in total. The highest BCUT2D eigenvalue weighted by Crippen LogP contribution is 2.54. The van der Waals surface area contributed by atoms with E-state index in [1.165, 1.54) is 26.7 Å². The quantitative estimate of drug-likeness (QED) is 0.510. The van der Waals surface area contributed by atoms with E-state index in [9.17, 15) is 20.4 Å². The highest BCUT2D eigenvalue weighted by molar-refractivity contribution is 8.00. The van der Waals surface area contributed by atoms with E-state index in [0.717, 1.165) is 23.1 Å². The van der Waals surface area contributed by atoms with E-state index < -0.39 is 28.5 Å². The van der Waals surface area contributed by atoms with Crippen molar-refractivity contribution in [2.45, 2.75) is 41.5 Å². The van der Waals surface area contributed by atoms with Crippen molar-refractivity contribution in [2.24, 2.45) is 0 Å². The van der Waals surface area contributed by atoms with Crippen LogP contribution in [0.3, 0.4) is 0 Å². The molecule has 1 spiro atoms. The Hall–Kier alpha value is -1.45. The van der Waals surface area contributed by atoms with Crippen molar-refractivity contribution in [3.05, 3.63) is 70.1 Å². The zero-order valence-electron chi connectivity index (χ0n) is 15.6. The molecule has 0 radical (unpaired) electrons. The normalized spacial score (nSPS) is 31.4. The molecule has 3 aromatic rings. The molecule has 0 unspecified atom stereocenters. The Morgan fingerprint density at radius 3 is 2.66 bits per heavy atom. The Morgan fingerprint density at radius 1 is 1.03 bits per heavy atom. The second-order valence-electron chi connectivity index (χ2n) is 7.64. The lowest BCUT2D eigenvalue weighted by Gasteiger charge is -2.45. The number of hydrogen-bond acceptors (Lipinski definition) is 7. The van der Waals surface area contributed by atoms with E-state index in [-0.39, 0.29) is 6.61 Å². The third-order valence-corrected chi connectivity index (χ3v) is 8.57. The molecular weight excluding hydrogens is 408 g/mol. The van der Waals surface area contributed by atoms with Crippen molar-refractivity contribution in [1.29, 1.82) is 0 Å². The molecule has 2 aromatic carbocycles. The molecule has 4 N–H and O–H groups in total. The summed E-state index contributed by atoms with van der Waals surface area (Å²) in [5, 5.41) is 41.6. The lowest BCUT2D eigenvalue weighted by atomic mass is 9.91. The van der Waals surface area contributed by atoms with E-state index in [4.69, 9.17) is 4.74 Å². The molecule has 1 fully saturated rings. The van der Waals surface area contributed by atoms with Crippen molar-refractivity contribution in [1.82, 2.24) is 0 Å². The predicted octanol–water partition coefficient (Wildman–Crippen LogP) is 2.37.